The van der Waals surface area contributed by atoms with E-state index in [0.29, 0.717) is 30.1 Å². The molecule has 1 aliphatic heterocycles. The van der Waals surface area contributed by atoms with Crippen molar-refractivity contribution in [1.29, 1.82) is 0 Å². The molecule has 6 heteroatoms. The van der Waals surface area contributed by atoms with E-state index in [-0.39, 0.29) is 30.6 Å². The van der Waals surface area contributed by atoms with E-state index in [1.165, 1.54) is 0 Å². The van der Waals surface area contributed by atoms with Gasteiger partial charge < -0.3 is 19.7 Å². The summed E-state index contributed by atoms with van der Waals surface area (Å²) in [4.78, 5) is 27.1. The lowest BCUT2D eigenvalue weighted by atomic mass is 10.1. The summed E-state index contributed by atoms with van der Waals surface area (Å²) in [7, 11) is 0. The molecule has 2 aromatic rings. The number of hydrogen-bond donors (Lipinski definition) is 1. The number of carbonyl (C=O) groups is 2. The number of nitrogens with zero attached hydrogens (tertiary/aromatic N) is 1. The van der Waals surface area contributed by atoms with Crippen molar-refractivity contribution in [3.63, 3.8) is 0 Å². The van der Waals surface area contributed by atoms with Crippen LogP contribution in [0.25, 0.3) is 0 Å². The summed E-state index contributed by atoms with van der Waals surface area (Å²) < 4.78 is 11.2. The first-order valence-corrected chi connectivity index (χ1v) is 9.45. The molecule has 28 heavy (non-hydrogen) atoms. The number of morpholine rings is 1. The molecule has 148 valence electrons. The van der Waals surface area contributed by atoms with Gasteiger partial charge in [0.25, 0.3) is 11.8 Å². The Labute approximate surface area is 165 Å². The number of nitrogens with one attached hydrogen (secondary N) is 1. The second-order valence-electron chi connectivity index (χ2n) is 7.16. The molecule has 0 bridgehead atoms. The molecule has 0 radical (unpaired) electrons. The highest BCUT2D eigenvalue weighted by Crippen LogP contribution is 2.20. The number of carbonyl (C=O) groups excluding carboxylic acids is 2. The van der Waals surface area contributed by atoms with E-state index in [2.05, 4.69) is 5.32 Å². The van der Waals surface area contributed by atoms with Gasteiger partial charge in [0.15, 0.2) is 6.61 Å². The number of rotatable bonds is 5. The highest BCUT2D eigenvalue weighted by molar-refractivity contribution is 6.04. The zero-order valence-corrected chi connectivity index (χ0v) is 16.5. The molecule has 1 N–H and O–H groups in total. The van der Waals surface area contributed by atoms with Crippen LogP contribution in [-0.4, -0.2) is 48.6 Å². The Morgan fingerprint density at radius 3 is 2.39 bits per heavy atom. The summed E-state index contributed by atoms with van der Waals surface area (Å²) in [5.41, 5.74) is 2.07. The van der Waals surface area contributed by atoms with Crippen molar-refractivity contribution in [1.82, 2.24) is 4.90 Å². The summed E-state index contributed by atoms with van der Waals surface area (Å²) in [5.74, 6) is 0.197. The van der Waals surface area contributed by atoms with E-state index in [4.69, 9.17) is 9.47 Å². The highest BCUT2D eigenvalue weighted by atomic mass is 16.5. The lowest BCUT2D eigenvalue weighted by Gasteiger charge is -2.35. The van der Waals surface area contributed by atoms with Crippen molar-refractivity contribution < 1.29 is 19.1 Å². The van der Waals surface area contributed by atoms with Gasteiger partial charge in [0.1, 0.15) is 5.75 Å². The van der Waals surface area contributed by atoms with Gasteiger partial charge in [-0.2, -0.15) is 0 Å². The molecular weight excluding hydrogens is 356 g/mol. The second-order valence-corrected chi connectivity index (χ2v) is 7.16. The fourth-order valence-corrected chi connectivity index (χ4v) is 3.26. The third-order valence-electron chi connectivity index (χ3n) is 4.53. The van der Waals surface area contributed by atoms with E-state index >= 15 is 0 Å². The van der Waals surface area contributed by atoms with E-state index < -0.39 is 0 Å². The SMILES string of the molecule is Cc1ccc(OCC(=O)Nc2ccccc2C(=O)N2C[C@H](C)O[C@@H](C)C2)cc1. The number of ether oxygens (including phenoxy) is 2. The zero-order chi connectivity index (χ0) is 20.1. The molecular formula is C22H26N2O4. The van der Waals surface area contributed by atoms with Crippen LogP contribution >= 0.6 is 0 Å². The van der Waals surface area contributed by atoms with Gasteiger partial charge in [-0.05, 0) is 45.0 Å². The normalized spacial score (nSPS) is 19.2. The lowest BCUT2D eigenvalue weighted by molar-refractivity contribution is -0.118. The highest BCUT2D eigenvalue weighted by Gasteiger charge is 2.28. The van der Waals surface area contributed by atoms with Crippen LogP contribution in [-0.2, 0) is 9.53 Å². The minimum Gasteiger partial charge on any atom is -0.484 e. The fraction of sp³-hybridized carbons (Fsp3) is 0.364. The Bertz CT molecular complexity index is 825. The first kappa shape index (κ1) is 19.9. The van der Waals surface area contributed by atoms with Gasteiger partial charge in [-0.15, -0.1) is 0 Å². The number of anilines is 1. The first-order chi connectivity index (χ1) is 13.4. The monoisotopic (exact) mass is 382 g/mol. The molecule has 1 fully saturated rings. The van der Waals surface area contributed by atoms with Crippen LogP contribution in [0.3, 0.4) is 0 Å². The van der Waals surface area contributed by atoms with Crippen molar-refractivity contribution in [2.45, 2.75) is 33.0 Å². The molecule has 2 amide bonds. The molecule has 0 aliphatic carbocycles. The largest absolute Gasteiger partial charge is 0.484 e. The summed E-state index contributed by atoms with van der Waals surface area (Å²) in [5, 5.41) is 2.79. The van der Waals surface area contributed by atoms with Crippen LogP contribution in [0, 0.1) is 6.92 Å². The van der Waals surface area contributed by atoms with Gasteiger partial charge in [-0.1, -0.05) is 29.8 Å². The fourth-order valence-electron chi connectivity index (χ4n) is 3.26. The van der Waals surface area contributed by atoms with Crippen molar-refractivity contribution in [3.8, 4) is 5.75 Å². The average Bonchev–Trinajstić information content (AvgIpc) is 2.67. The van der Waals surface area contributed by atoms with E-state index in [1.807, 2.05) is 45.0 Å². The van der Waals surface area contributed by atoms with Gasteiger partial charge in [0, 0.05) is 13.1 Å². The zero-order valence-electron chi connectivity index (χ0n) is 16.5. The van der Waals surface area contributed by atoms with Gasteiger partial charge in [0.2, 0.25) is 0 Å². The minimum absolute atomic E-state index is 0.0163. The van der Waals surface area contributed by atoms with Crippen molar-refractivity contribution >= 4 is 17.5 Å². The Morgan fingerprint density at radius 1 is 1.07 bits per heavy atom. The number of amides is 2. The summed E-state index contributed by atoms with van der Waals surface area (Å²) in [6, 6.07) is 14.5. The van der Waals surface area contributed by atoms with Crippen LogP contribution in [0.1, 0.15) is 29.8 Å². The molecule has 0 aromatic heterocycles. The number of hydrogen-bond acceptors (Lipinski definition) is 4. The van der Waals surface area contributed by atoms with E-state index in [1.54, 1.807) is 29.2 Å². The standard InChI is InChI=1S/C22H26N2O4/c1-15-8-10-18(11-9-15)27-14-21(25)23-20-7-5-4-6-19(20)22(26)24-12-16(2)28-17(3)13-24/h4-11,16-17H,12-14H2,1-3H3,(H,23,25)/t16-,17-/m0/s1. The molecule has 1 aliphatic rings. The van der Waals surface area contributed by atoms with Crippen molar-refractivity contribution in [3.05, 3.63) is 59.7 Å². The Balaban J connectivity index is 1.65. The van der Waals surface area contributed by atoms with Crippen LogP contribution < -0.4 is 10.1 Å². The summed E-state index contributed by atoms with van der Waals surface area (Å²) in [6.07, 6.45) is -0.0327. The van der Waals surface area contributed by atoms with Crippen molar-refractivity contribution in [2.24, 2.45) is 0 Å². The molecule has 0 unspecified atom stereocenters. The van der Waals surface area contributed by atoms with Gasteiger partial charge in [0.05, 0.1) is 23.5 Å². The maximum absolute atomic E-state index is 13.0. The predicted octanol–water partition coefficient (Wildman–Crippen LogP) is 3.26. The minimum atomic E-state index is -0.315. The van der Waals surface area contributed by atoms with Gasteiger partial charge >= 0.3 is 0 Å². The molecule has 0 saturated carbocycles. The van der Waals surface area contributed by atoms with E-state index in [0.717, 1.165) is 5.56 Å². The molecule has 3 rings (SSSR count). The van der Waals surface area contributed by atoms with Crippen molar-refractivity contribution in [2.75, 3.05) is 25.0 Å². The third kappa shape index (κ3) is 5.10. The summed E-state index contributed by atoms with van der Waals surface area (Å²) >= 11 is 0. The van der Waals surface area contributed by atoms with E-state index in [9.17, 15) is 9.59 Å². The Hall–Kier alpha value is -2.86. The molecule has 1 saturated heterocycles. The predicted molar refractivity (Wildman–Crippen MR) is 108 cm³/mol. The summed E-state index contributed by atoms with van der Waals surface area (Å²) in [6.45, 7) is 6.82. The van der Waals surface area contributed by atoms with Gasteiger partial charge in [-0.25, -0.2) is 0 Å². The van der Waals surface area contributed by atoms with Crippen LogP contribution in [0.15, 0.2) is 48.5 Å². The molecule has 2 atom stereocenters. The topological polar surface area (TPSA) is 67.9 Å². The Kier molecular flexibility index (Phi) is 6.31. The first-order valence-electron chi connectivity index (χ1n) is 9.45. The molecule has 2 aromatic carbocycles. The number of para-hydroxylation sites is 1. The Morgan fingerprint density at radius 2 is 1.71 bits per heavy atom. The molecule has 0 spiro atoms. The van der Waals surface area contributed by atoms with Crippen LogP contribution in [0.5, 0.6) is 5.75 Å². The average molecular weight is 382 g/mol. The molecule has 1 heterocycles. The van der Waals surface area contributed by atoms with Crippen LogP contribution in [0.4, 0.5) is 5.69 Å². The molecule has 6 nitrogen and oxygen atoms in total. The third-order valence-corrected chi connectivity index (χ3v) is 4.53. The maximum Gasteiger partial charge on any atom is 0.262 e. The number of aryl methyl sites for hydroxylation is 1. The number of benzene rings is 2. The quantitative estimate of drug-likeness (QED) is 0.862. The lowest BCUT2D eigenvalue weighted by Crippen LogP contribution is -2.48. The smallest absolute Gasteiger partial charge is 0.262 e. The van der Waals surface area contributed by atoms with Gasteiger partial charge in [-0.3, -0.25) is 9.59 Å². The second kappa shape index (κ2) is 8.89. The van der Waals surface area contributed by atoms with Crippen LogP contribution in [0.2, 0.25) is 0 Å². The maximum atomic E-state index is 13.0.